The third-order valence-electron chi connectivity index (χ3n) is 2.69. The molecular weight excluding hydrogens is 278 g/mol. The predicted molar refractivity (Wildman–Crippen MR) is 78.8 cm³/mol. The van der Waals surface area contributed by atoms with Gasteiger partial charge in [0.05, 0.1) is 19.0 Å². The van der Waals surface area contributed by atoms with Crippen molar-refractivity contribution in [3.05, 3.63) is 52.7 Å². The summed E-state index contributed by atoms with van der Waals surface area (Å²) < 4.78 is 4.71. The van der Waals surface area contributed by atoms with Crippen molar-refractivity contribution in [1.29, 1.82) is 0 Å². The van der Waals surface area contributed by atoms with Gasteiger partial charge in [0.1, 0.15) is 11.4 Å². The first kappa shape index (κ1) is 14.1. The number of nitrogens with two attached hydrogens (primary N) is 1. The van der Waals surface area contributed by atoms with Gasteiger partial charge in [-0.05, 0) is 23.8 Å². The van der Waals surface area contributed by atoms with Gasteiger partial charge < -0.3 is 15.8 Å². The van der Waals surface area contributed by atoms with Crippen molar-refractivity contribution in [3.63, 3.8) is 0 Å². The van der Waals surface area contributed by atoms with Gasteiger partial charge in [0, 0.05) is 11.6 Å². The lowest BCUT2D eigenvalue weighted by molar-refractivity contribution is 0.0601. The van der Waals surface area contributed by atoms with Crippen molar-refractivity contribution in [1.82, 2.24) is 4.98 Å². The molecule has 1 aromatic carbocycles. The number of aromatic nitrogens is 1. The number of ether oxygens (including phenoxy) is 1. The first-order chi connectivity index (χ1) is 9.60. The largest absolute Gasteiger partial charge is 0.465 e. The Morgan fingerprint density at radius 1 is 1.40 bits per heavy atom. The maximum atomic E-state index is 11.7. The lowest BCUT2D eigenvalue weighted by Gasteiger charge is -2.10. The standard InChI is InChI=1S/C14H14ClN3O2/c1-20-14(19)12-6-11(16)8-18-13(12)17-7-9-2-4-10(15)5-3-9/h2-6,8H,7,16H2,1H3,(H,17,18). The quantitative estimate of drug-likeness (QED) is 0.847. The van der Waals surface area contributed by atoms with E-state index in [-0.39, 0.29) is 0 Å². The number of carbonyl (C=O) groups is 1. The Morgan fingerprint density at radius 3 is 2.75 bits per heavy atom. The number of nitrogens with one attached hydrogen (secondary N) is 1. The number of halogens is 1. The van der Waals surface area contributed by atoms with Gasteiger partial charge >= 0.3 is 5.97 Å². The van der Waals surface area contributed by atoms with Gasteiger partial charge in [-0.2, -0.15) is 0 Å². The van der Waals surface area contributed by atoms with Crippen LogP contribution in [0.25, 0.3) is 0 Å². The summed E-state index contributed by atoms with van der Waals surface area (Å²) in [6.45, 7) is 0.512. The minimum atomic E-state index is -0.483. The number of nitrogen functional groups attached to an aromatic ring is 1. The van der Waals surface area contributed by atoms with E-state index >= 15 is 0 Å². The molecule has 6 heteroatoms. The summed E-state index contributed by atoms with van der Waals surface area (Å²) in [5.74, 6) is -0.0515. The zero-order valence-corrected chi connectivity index (χ0v) is 11.6. The van der Waals surface area contributed by atoms with E-state index in [9.17, 15) is 4.79 Å². The second-order valence-electron chi connectivity index (χ2n) is 4.14. The van der Waals surface area contributed by atoms with Crippen LogP contribution in [-0.2, 0) is 11.3 Å². The molecule has 0 spiro atoms. The van der Waals surface area contributed by atoms with Crippen LogP contribution in [0.5, 0.6) is 0 Å². The highest BCUT2D eigenvalue weighted by Gasteiger charge is 2.13. The molecule has 0 fully saturated rings. The van der Waals surface area contributed by atoms with Crippen LogP contribution in [0.3, 0.4) is 0 Å². The third kappa shape index (κ3) is 3.39. The van der Waals surface area contributed by atoms with Crippen molar-refractivity contribution in [2.75, 3.05) is 18.2 Å². The first-order valence-corrected chi connectivity index (χ1v) is 6.30. The number of benzene rings is 1. The average molecular weight is 292 g/mol. The van der Waals surface area contributed by atoms with Crippen molar-refractivity contribution in [2.24, 2.45) is 0 Å². The van der Waals surface area contributed by atoms with Crippen LogP contribution >= 0.6 is 11.6 Å². The van der Waals surface area contributed by atoms with Crippen LogP contribution in [0.4, 0.5) is 11.5 Å². The van der Waals surface area contributed by atoms with E-state index in [1.165, 1.54) is 19.4 Å². The Kier molecular flexibility index (Phi) is 4.42. The molecule has 0 radical (unpaired) electrons. The molecule has 0 atom stereocenters. The smallest absolute Gasteiger partial charge is 0.341 e. The molecule has 0 bridgehead atoms. The topological polar surface area (TPSA) is 77.2 Å². The maximum absolute atomic E-state index is 11.7. The molecule has 0 saturated carbocycles. The monoisotopic (exact) mass is 291 g/mol. The lowest BCUT2D eigenvalue weighted by atomic mass is 10.2. The third-order valence-corrected chi connectivity index (χ3v) is 2.94. The highest BCUT2D eigenvalue weighted by molar-refractivity contribution is 6.30. The predicted octanol–water partition coefficient (Wildman–Crippen LogP) is 2.72. The fraction of sp³-hybridized carbons (Fsp3) is 0.143. The van der Waals surface area contributed by atoms with Gasteiger partial charge in [-0.1, -0.05) is 23.7 Å². The van der Waals surface area contributed by atoms with E-state index in [0.29, 0.717) is 28.6 Å². The summed E-state index contributed by atoms with van der Waals surface area (Å²) in [4.78, 5) is 15.8. The Hall–Kier alpha value is -2.27. The molecule has 104 valence electrons. The summed E-state index contributed by atoms with van der Waals surface area (Å²) in [6, 6.07) is 8.92. The molecule has 0 unspecified atom stereocenters. The Morgan fingerprint density at radius 2 is 2.10 bits per heavy atom. The van der Waals surface area contributed by atoms with Crippen LogP contribution in [-0.4, -0.2) is 18.1 Å². The maximum Gasteiger partial charge on any atom is 0.341 e. The molecule has 2 rings (SSSR count). The highest BCUT2D eigenvalue weighted by atomic mass is 35.5. The molecule has 0 aliphatic rings. The molecule has 0 aliphatic heterocycles. The van der Waals surface area contributed by atoms with Crippen LogP contribution in [0.15, 0.2) is 36.5 Å². The molecule has 3 N–H and O–H groups in total. The molecule has 1 aromatic heterocycles. The van der Waals surface area contributed by atoms with Crippen molar-refractivity contribution < 1.29 is 9.53 Å². The minimum absolute atomic E-state index is 0.307. The molecule has 0 saturated heterocycles. The van der Waals surface area contributed by atoms with E-state index in [2.05, 4.69) is 10.3 Å². The summed E-state index contributed by atoms with van der Waals surface area (Å²) in [6.07, 6.45) is 1.48. The number of hydrogen-bond acceptors (Lipinski definition) is 5. The van der Waals surface area contributed by atoms with Crippen LogP contribution in [0, 0.1) is 0 Å². The highest BCUT2D eigenvalue weighted by Crippen LogP contribution is 2.18. The van der Waals surface area contributed by atoms with Gasteiger partial charge in [0.2, 0.25) is 0 Å². The fourth-order valence-corrected chi connectivity index (χ4v) is 1.80. The van der Waals surface area contributed by atoms with Crippen molar-refractivity contribution in [3.8, 4) is 0 Å². The number of methoxy groups -OCH3 is 1. The van der Waals surface area contributed by atoms with E-state index in [4.69, 9.17) is 22.1 Å². The molecular formula is C14H14ClN3O2. The van der Waals surface area contributed by atoms with Gasteiger partial charge in [-0.15, -0.1) is 0 Å². The molecule has 20 heavy (non-hydrogen) atoms. The number of pyridine rings is 1. The molecule has 1 heterocycles. The average Bonchev–Trinajstić information content (AvgIpc) is 2.46. The second-order valence-corrected chi connectivity index (χ2v) is 4.57. The fourth-order valence-electron chi connectivity index (χ4n) is 1.68. The van der Waals surface area contributed by atoms with Gasteiger partial charge in [-0.25, -0.2) is 9.78 Å². The Balaban J connectivity index is 2.16. The van der Waals surface area contributed by atoms with Crippen LogP contribution < -0.4 is 11.1 Å². The van der Waals surface area contributed by atoms with E-state index in [1.54, 1.807) is 12.1 Å². The second kappa shape index (κ2) is 6.25. The normalized spacial score (nSPS) is 10.1. The molecule has 0 aliphatic carbocycles. The zero-order chi connectivity index (χ0) is 14.5. The Bertz CT molecular complexity index is 614. The number of anilines is 2. The SMILES string of the molecule is COC(=O)c1cc(N)cnc1NCc1ccc(Cl)cc1. The summed E-state index contributed by atoms with van der Waals surface area (Å²) in [7, 11) is 1.31. The summed E-state index contributed by atoms with van der Waals surface area (Å²) in [5, 5.41) is 3.76. The number of rotatable bonds is 4. The van der Waals surface area contributed by atoms with E-state index < -0.39 is 5.97 Å². The van der Waals surface area contributed by atoms with E-state index in [0.717, 1.165) is 5.56 Å². The number of carbonyl (C=O) groups excluding carboxylic acids is 1. The van der Waals surface area contributed by atoms with E-state index in [1.807, 2.05) is 12.1 Å². The Labute approximate surface area is 121 Å². The first-order valence-electron chi connectivity index (χ1n) is 5.92. The van der Waals surface area contributed by atoms with Crippen molar-refractivity contribution >= 4 is 29.1 Å². The molecule has 2 aromatic rings. The number of hydrogen-bond donors (Lipinski definition) is 2. The minimum Gasteiger partial charge on any atom is -0.465 e. The summed E-state index contributed by atoms with van der Waals surface area (Å²) in [5.41, 5.74) is 7.36. The van der Waals surface area contributed by atoms with Gasteiger partial charge in [0.25, 0.3) is 0 Å². The van der Waals surface area contributed by atoms with Gasteiger partial charge in [-0.3, -0.25) is 0 Å². The van der Waals surface area contributed by atoms with Crippen LogP contribution in [0.1, 0.15) is 15.9 Å². The lowest BCUT2D eigenvalue weighted by Crippen LogP contribution is -2.10. The van der Waals surface area contributed by atoms with Crippen molar-refractivity contribution in [2.45, 2.75) is 6.54 Å². The summed E-state index contributed by atoms with van der Waals surface area (Å²) >= 11 is 5.82. The number of esters is 1. The molecule has 5 nitrogen and oxygen atoms in total. The zero-order valence-electron chi connectivity index (χ0n) is 10.9. The van der Waals surface area contributed by atoms with Gasteiger partial charge in [0.15, 0.2) is 0 Å². The number of nitrogens with zero attached hydrogens (tertiary/aromatic N) is 1. The van der Waals surface area contributed by atoms with Crippen LogP contribution in [0.2, 0.25) is 5.02 Å². The molecule has 0 amide bonds.